The van der Waals surface area contributed by atoms with Crippen LogP contribution in [0, 0.1) is 0 Å². The predicted molar refractivity (Wildman–Crippen MR) is 86.5 cm³/mol. The van der Waals surface area contributed by atoms with Gasteiger partial charge in [0.15, 0.2) is 0 Å². The molecule has 3 nitrogen and oxygen atoms in total. The van der Waals surface area contributed by atoms with Gasteiger partial charge >= 0.3 is 0 Å². The number of benzene rings is 2. The van der Waals surface area contributed by atoms with Gasteiger partial charge in [-0.25, -0.2) is 0 Å². The van der Waals surface area contributed by atoms with Gasteiger partial charge in [-0.2, -0.15) is 0 Å². The number of rotatable bonds is 4. The Bertz CT molecular complexity index is 653. The molecule has 0 saturated heterocycles. The fourth-order valence-corrected chi connectivity index (χ4v) is 2.37. The number of hydrogen-bond acceptors (Lipinski definition) is 2. The van der Waals surface area contributed by atoms with Gasteiger partial charge in [-0.05, 0) is 35.7 Å². The van der Waals surface area contributed by atoms with Crippen molar-refractivity contribution < 1.29 is 9.53 Å². The monoisotopic (exact) mass is 303 g/mol. The molecule has 0 saturated carbocycles. The molecule has 0 unspecified atom stereocenters. The first-order valence-corrected chi connectivity index (χ1v) is 7.14. The number of amides is 1. The summed E-state index contributed by atoms with van der Waals surface area (Å²) < 4.78 is 5.08. The molecule has 0 radical (unpaired) electrons. The summed E-state index contributed by atoms with van der Waals surface area (Å²) >= 11 is 6.05. The number of anilines is 1. The Morgan fingerprint density at radius 3 is 2.52 bits per heavy atom. The SMILES string of the molecule is COc1ccc(C(=O)Nc2ccccc2C(C)C)cc1Cl. The van der Waals surface area contributed by atoms with Crippen LogP contribution in [-0.4, -0.2) is 13.0 Å². The fraction of sp³-hybridized carbons (Fsp3) is 0.235. The first kappa shape index (κ1) is 15.4. The van der Waals surface area contributed by atoms with E-state index in [9.17, 15) is 4.79 Å². The van der Waals surface area contributed by atoms with E-state index in [-0.39, 0.29) is 5.91 Å². The van der Waals surface area contributed by atoms with Crippen molar-refractivity contribution in [3.05, 3.63) is 58.6 Å². The van der Waals surface area contributed by atoms with Gasteiger partial charge in [0.05, 0.1) is 12.1 Å². The molecule has 2 aromatic carbocycles. The summed E-state index contributed by atoms with van der Waals surface area (Å²) in [6, 6.07) is 12.8. The molecule has 1 amide bonds. The molecule has 0 fully saturated rings. The van der Waals surface area contributed by atoms with Crippen LogP contribution in [-0.2, 0) is 0 Å². The van der Waals surface area contributed by atoms with Crippen molar-refractivity contribution >= 4 is 23.2 Å². The maximum Gasteiger partial charge on any atom is 0.255 e. The zero-order valence-corrected chi connectivity index (χ0v) is 13.1. The molecule has 0 aromatic heterocycles. The lowest BCUT2D eigenvalue weighted by Gasteiger charge is -2.14. The molecule has 0 heterocycles. The van der Waals surface area contributed by atoms with Gasteiger partial charge in [-0.1, -0.05) is 43.6 Å². The minimum absolute atomic E-state index is 0.187. The number of carbonyl (C=O) groups excluding carboxylic acids is 1. The minimum atomic E-state index is -0.187. The summed E-state index contributed by atoms with van der Waals surface area (Å²) in [5.41, 5.74) is 2.43. The largest absolute Gasteiger partial charge is 0.495 e. The van der Waals surface area contributed by atoms with Crippen LogP contribution < -0.4 is 10.1 Å². The summed E-state index contributed by atoms with van der Waals surface area (Å²) in [6.45, 7) is 4.18. The van der Waals surface area contributed by atoms with Gasteiger partial charge in [0.1, 0.15) is 5.75 Å². The maximum absolute atomic E-state index is 12.3. The van der Waals surface area contributed by atoms with Crippen molar-refractivity contribution in [2.75, 3.05) is 12.4 Å². The van der Waals surface area contributed by atoms with E-state index in [1.807, 2.05) is 24.3 Å². The molecular formula is C17H18ClNO2. The molecule has 110 valence electrons. The highest BCUT2D eigenvalue weighted by atomic mass is 35.5. The van der Waals surface area contributed by atoms with E-state index < -0.39 is 0 Å². The molecule has 2 rings (SSSR count). The van der Waals surface area contributed by atoms with Crippen LogP contribution in [0.25, 0.3) is 0 Å². The molecule has 0 bridgehead atoms. The number of halogens is 1. The molecule has 0 atom stereocenters. The average molecular weight is 304 g/mol. The van der Waals surface area contributed by atoms with E-state index in [1.165, 1.54) is 0 Å². The van der Waals surface area contributed by atoms with Crippen molar-refractivity contribution in [3.8, 4) is 5.75 Å². The zero-order chi connectivity index (χ0) is 15.4. The molecule has 0 aliphatic rings. The van der Waals surface area contributed by atoms with E-state index >= 15 is 0 Å². The van der Waals surface area contributed by atoms with Gasteiger partial charge in [0, 0.05) is 11.3 Å². The fourth-order valence-electron chi connectivity index (χ4n) is 2.12. The molecule has 21 heavy (non-hydrogen) atoms. The second-order valence-corrected chi connectivity index (χ2v) is 5.45. The number of methoxy groups -OCH3 is 1. The Balaban J connectivity index is 2.24. The lowest BCUT2D eigenvalue weighted by atomic mass is 10.0. The molecule has 4 heteroatoms. The summed E-state index contributed by atoms with van der Waals surface area (Å²) in [7, 11) is 1.54. The molecule has 1 N–H and O–H groups in total. The van der Waals surface area contributed by atoms with Crippen molar-refractivity contribution in [2.24, 2.45) is 0 Å². The van der Waals surface area contributed by atoms with Crippen molar-refractivity contribution in [3.63, 3.8) is 0 Å². The van der Waals surface area contributed by atoms with Crippen LogP contribution in [0.15, 0.2) is 42.5 Å². The van der Waals surface area contributed by atoms with Crippen LogP contribution in [0.2, 0.25) is 5.02 Å². The highest BCUT2D eigenvalue weighted by molar-refractivity contribution is 6.32. The normalized spacial score (nSPS) is 10.5. The molecule has 2 aromatic rings. The summed E-state index contributed by atoms with van der Waals surface area (Å²) in [5.74, 6) is 0.699. The maximum atomic E-state index is 12.3. The van der Waals surface area contributed by atoms with Crippen LogP contribution in [0.3, 0.4) is 0 Å². The highest BCUT2D eigenvalue weighted by Gasteiger charge is 2.12. The number of nitrogens with one attached hydrogen (secondary N) is 1. The van der Waals surface area contributed by atoms with Crippen LogP contribution in [0.1, 0.15) is 35.7 Å². The first-order chi connectivity index (χ1) is 10.0. The standard InChI is InChI=1S/C17H18ClNO2/c1-11(2)13-6-4-5-7-15(13)19-17(20)12-8-9-16(21-3)14(18)10-12/h4-11H,1-3H3,(H,19,20). The van der Waals surface area contributed by atoms with Crippen LogP contribution in [0.4, 0.5) is 5.69 Å². The number of para-hydroxylation sites is 1. The summed E-state index contributed by atoms with van der Waals surface area (Å²) in [6.07, 6.45) is 0. The first-order valence-electron chi connectivity index (χ1n) is 6.76. The summed E-state index contributed by atoms with van der Waals surface area (Å²) in [5, 5.41) is 3.35. The minimum Gasteiger partial charge on any atom is -0.495 e. The Morgan fingerprint density at radius 2 is 1.90 bits per heavy atom. The molecule has 0 spiro atoms. The highest BCUT2D eigenvalue weighted by Crippen LogP contribution is 2.27. The quantitative estimate of drug-likeness (QED) is 0.887. The number of carbonyl (C=O) groups is 1. The third-order valence-corrected chi connectivity index (χ3v) is 3.54. The lowest BCUT2D eigenvalue weighted by molar-refractivity contribution is 0.102. The van der Waals surface area contributed by atoms with E-state index in [4.69, 9.17) is 16.3 Å². The number of ether oxygens (including phenoxy) is 1. The average Bonchev–Trinajstić information content (AvgIpc) is 2.47. The molecular weight excluding hydrogens is 286 g/mol. The third kappa shape index (κ3) is 3.56. The predicted octanol–water partition coefficient (Wildman–Crippen LogP) is 4.72. The van der Waals surface area contributed by atoms with Gasteiger partial charge in [-0.3, -0.25) is 4.79 Å². The molecule has 0 aliphatic carbocycles. The third-order valence-electron chi connectivity index (χ3n) is 3.24. The van der Waals surface area contributed by atoms with Crippen molar-refractivity contribution in [1.29, 1.82) is 0 Å². The number of hydrogen-bond donors (Lipinski definition) is 1. The van der Waals surface area contributed by atoms with Gasteiger partial charge in [0.2, 0.25) is 0 Å². The Labute approximate surface area is 129 Å². The van der Waals surface area contributed by atoms with Crippen LogP contribution in [0.5, 0.6) is 5.75 Å². The van der Waals surface area contributed by atoms with E-state index in [0.717, 1.165) is 11.3 Å². The summed E-state index contributed by atoms with van der Waals surface area (Å²) in [4.78, 5) is 12.3. The second-order valence-electron chi connectivity index (χ2n) is 5.05. The lowest BCUT2D eigenvalue weighted by Crippen LogP contribution is -2.13. The van der Waals surface area contributed by atoms with Gasteiger partial charge in [-0.15, -0.1) is 0 Å². The Morgan fingerprint density at radius 1 is 1.19 bits per heavy atom. The van der Waals surface area contributed by atoms with Gasteiger partial charge in [0.25, 0.3) is 5.91 Å². The smallest absolute Gasteiger partial charge is 0.255 e. The topological polar surface area (TPSA) is 38.3 Å². The van der Waals surface area contributed by atoms with Gasteiger partial charge < -0.3 is 10.1 Å². The van der Waals surface area contributed by atoms with Crippen molar-refractivity contribution in [2.45, 2.75) is 19.8 Å². The second kappa shape index (κ2) is 6.64. The van der Waals surface area contributed by atoms with E-state index in [1.54, 1.807) is 25.3 Å². The van der Waals surface area contributed by atoms with Crippen molar-refractivity contribution in [1.82, 2.24) is 0 Å². The Hall–Kier alpha value is -2.00. The zero-order valence-electron chi connectivity index (χ0n) is 12.3. The van der Waals surface area contributed by atoms with E-state index in [2.05, 4.69) is 19.2 Å². The van der Waals surface area contributed by atoms with E-state index in [0.29, 0.717) is 22.3 Å². The van der Waals surface area contributed by atoms with Crippen LogP contribution >= 0.6 is 11.6 Å². The molecule has 0 aliphatic heterocycles. The Kier molecular flexibility index (Phi) is 4.86.